The highest BCUT2D eigenvalue weighted by atomic mass is 16.1. The van der Waals surface area contributed by atoms with E-state index in [1.165, 1.54) is 0 Å². The van der Waals surface area contributed by atoms with Gasteiger partial charge in [0.2, 0.25) is 0 Å². The minimum Gasteiger partial charge on any atom is -0.316 e. The molecule has 0 unspecified atom stereocenters. The monoisotopic (exact) mass is 352 g/mol. The number of hydrogen-bond donors (Lipinski definition) is 0. The Balaban J connectivity index is 2.13. The highest BCUT2D eigenvalue weighted by molar-refractivity contribution is 5.55. The van der Waals surface area contributed by atoms with Gasteiger partial charge in [-0.25, -0.2) is 4.98 Å². The summed E-state index contributed by atoms with van der Waals surface area (Å²) in [5.41, 5.74) is 2.74. The van der Waals surface area contributed by atoms with E-state index < -0.39 is 5.54 Å². The second-order valence-electron chi connectivity index (χ2n) is 6.39. The van der Waals surface area contributed by atoms with E-state index in [1.807, 2.05) is 60.8 Å². The standard InChI is InChI=1S/C24H20N2O/c27-19-16-23-25-17-18-26(23)24(20-10-4-1-5-11-20,21-12-6-2-7-13-21)22-14-8-3-9-15-22/h1-15,17-19H,16H2. The van der Waals surface area contributed by atoms with Crippen molar-refractivity contribution in [2.75, 3.05) is 0 Å². The van der Waals surface area contributed by atoms with Gasteiger partial charge in [-0.2, -0.15) is 0 Å². The minimum atomic E-state index is -0.612. The third-order valence-corrected chi connectivity index (χ3v) is 4.92. The lowest BCUT2D eigenvalue weighted by molar-refractivity contribution is -0.107. The average molecular weight is 352 g/mol. The largest absolute Gasteiger partial charge is 0.316 e. The minimum absolute atomic E-state index is 0.265. The van der Waals surface area contributed by atoms with E-state index in [1.54, 1.807) is 6.20 Å². The topological polar surface area (TPSA) is 34.9 Å². The summed E-state index contributed by atoms with van der Waals surface area (Å²) >= 11 is 0. The molecule has 0 bridgehead atoms. The number of nitrogens with zero attached hydrogens (tertiary/aromatic N) is 2. The molecule has 0 N–H and O–H groups in total. The van der Waals surface area contributed by atoms with Crippen LogP contribution in [0.1, 0.15) is 22.5 Å². The van der Waals surface area contributed by atoms with Gasteiger partial charge in [0.15, 0.2) is 0 Å². The molecule has 132 valence electrons. The highest BCUT2D eigenvalue weighted by Crippen LogP contribution is 2.41. The summed E-state index contributed by atoms with van der Waals surface area (Å²) < 4.78 is 2.13. The third-order valence-electron chi connectivity index (χ3n) is 4.92. The number of benzene rings is 3. The Morgan fingerprint density at radius 2 is 1.19 bits per heavy atom. The van der Waals surface area contributed by atoms with Crippen LogP contribution >= 0.6 is 0 Å². The molecule has 0 aliphatic rings. The van der Waals surface area contributed by atoms with Gasteiger partial charge in [0.25, 0.3) is 0 Å². The van der Waals surface area contributed by atoms with E-state index in [0.29, 0.717) is 0 Å². The van der Waals surface area contributed by atoms with Gasteiger partial charge in [-0.05, 0) is 16.7 Å². The molecule has 0 radical (unpaired) electrons. The quantitative estimate of drug-likeness (QED) is 0.379. The summed E-state index contributed by atoms with van der Waals surface area (Å²) in [6.45, 7) is 0. The van der Waals surface area contributed by atoms with Crippen molar-refractivity contribution in [3.05, 3.63) is 126 Å². The van der Waals surface area contributed by atoms with Crippen LogP contribution in [-0.4, -0.2) is 15.8 Å². The van der Waals surface area contributed by atoms with Crippen LogP contribution in [0.25, 0.3) is 0 Å². The number of aldehydes is 1. The number of carbonyl (C=O) groups is 1. The van der Waals surface area contributed by atoms with Gasteiger partial charge >= 0.3 is 0 Å². The Bertz CT molecular complexity index is 911. The summed E-state index contributed by atoms with van der Waals surface area (Å²) in [7, 11) is 0. The molecule has 3 heteroatoms. The van der Waals surface area contributed by atoms with Gasteiger partial charge in [-0.3, -0.25) is 0 Å². The second kappa shape index (κ2) is 7.42. The van der Waals surface area contributed by atoms with Crippen molar-refractivity contribution in [3.8, 4) is 0 Å². The zero-order chi connectivity index (χ0) is 18.5. The molecule has 3 nitrogen and oxygen atoms in total. The van der Waals surface area contributed by atoms with Gasteiger partial charge < -0.3 is 9.36 Å². The Morgan fingerprint density at radius 3 is 1.59 bits per heavy atom. The summed E-state index contributed by atoms with van der Waals surface area (Å²) in [5, 5.41) is 0. The number of hydrogen-bond acceptors (Lipinski definition) is 2. The highest BCUT2D eigenvalue weighted by Gasteiger charge is 2.39. The number of imidazole rings is 1. The SMILES string of the molecule is O=CCc1nccn1C(c1ccccc1)(c1ccccc1)c1ccccc1. The lowest BCUT2D eigenvalue weighted by Gasteiger charge is -2.38. The molecule has 0 saturated carbocycles. The van der Waals surface area contributed by atoms with Gasteiger partial charge in [0.1, 0.15) is 17.6 Å². The predicted octanol–water partition coefficient (Wildman–Crippen LogP) is 4.46. The summed E-state index contributed by atoms with van der Waals surface area (Å²) in [6.07, 6.45) is 4.90. The third kappa shape index (κ3) is 2.87. The molecule has 0 amide bonds. The first-order valence-electron chi connectivity index (χ1n) is 9.00. The molecule has 0 fully saturated rings. The molecule has 3 aromatic carbocycles. The Morgan fingerprint density at radius 1 is 0.741 bits per heavy atom. The second-order valence-corrected chi connectivity index (χ2v) is 6.39. The first-order valence-corrected chi connectivity index (χ1v) is 9.00. The zero-order valence-corrected chi connectivity index (χ0v) is 14.9. The van der Waals surface area contributed by atoms with Crippen LogP contribution in [0.15, 0.2) is 103 Å². The lowest BCUT2D eigenvalue weighted by Crippen LogP contribution is -2.38. The van der Waals surface area contributed by atoms with E-state index in [9.17, 15) is 4.79 Å². The Hall–Kier alpha value is -3.46. The maximum atomic E-state index is 11.3. The number of rotatable bonds is 6. The van der Waals surface area contributed by atoms with E-state index >= 15 is 0 Å². The van der Waals surface area contributed by atoms with Crippen LogP contribution in [0.3, 0.4) is 0 Å². The molecule has 27 heavy (non-hydrogen) atoms. The van der Waals surface area contributed by atoms with Crippen LogP contribution in [0.5, 0.6) is 0 Å². The van der Waals surface area contributed by atoms with Crippen molar-refractivity contribution in [2.45, 2.75) is 12.0 Å². The van der Waals surface area contributed by atoms with Crippen molar-refractivity contribution in [1.82, 2.24) is 9.55 Å². The first kappa shape index (κ1) is 17.0. The van der Waals surface area contributed by atoms with Gasteiger partial charge in [-0.15, -0.1) is 0 Å². The van der Waals surface area contributed by atoms with E-state index in [2.05, 4.69) is 45.9 Å². The average Bonchev–Trinajstić information content (AvgIpc) is 3.20. The van der Waals surface area contributed by atoms with Crippen molar-refractivity contribution in [1.29, 1.82) is 0 Å². The Labute approximate surface area is 158 Å². The fourth-order valence-electron chi connectivity index (χ4n) is 3.82. The molecule has 4 rings (SSSR count). The molecule has 0 spiro atoms. The fraction of sp³-hybridized carbons (Fsp3) is 0.0833. The molecule has 0 saturated heterocycles. The van der Waals surface area contributed by atoms with Crippen molar-refractivity contribution < 1.29 is 4.79 Å². The van der Waals surface area contributed by atoms with Gasteiger partial charge in [0.05, 0.1) is 6.42 Å². The van der Waals surface area contributed by atoms with Crippen LogP contribution in [0.4, 0.5) is 0 Å². The maximum Gasteiger partial charge on any atom is 0.127 e. The van der Waals surface area contributed by atoms with Crippen molar-refractivity contribution in [2.24, 2.45) is 0 Å². The predicted molar refractivity (Wildman–Crippen MR) is 107 cm³/mol. The molecule has 1 heterocycles. The van der Waals surface area contributed by atoms with Crippen LogP contribution in [0, 0.1) is 0 Å². The summed E-state index contributed by atoms with van der Waals surface area (Å²) in [4.78, 5) is 15.8. The van der Waals surface area contributed by atoms with Crippen LogP contribution in [0.2, 0.25) is 0 Å². The van der Waals surface area contributed by atoms with E-state index in [-0.39, 0.29) is 6.42 Å². The molecular weight excluding hydrogens is 332 g/mol. The van der Waals surface area contributed by atoms with E-state index in [4.69, 9.17) is 0 Å². The smallest absolute Gasteiger partial charge is 0.127 e. The summed E-state index contributed by atoms with van der Waals surface area (Å²) in [5.74, 6) is 0.738. The van der Waals surface area contributed by atoms with Crippen LogP contribution < -0.4 is 0 Å². The molecule has 1 aromatic heterocycles. The van der Waals surface area contributed by atoms with E-state index in [0.717, 1.165) is 28.8 Å². The fourth-order valence-corrected chi connectivity index (χ4v) is 3.82. The first-order chi connectivity index (χ1) is 13.4. The molecule has 0 atom stereocenters. The number of aromatic nitrogens is 2. The maximum absolute atomic E-state index is 11.3. The molecule has 0 aliphatic heterocycles. The zero-order valence-electron chi connectivity index (χ0n) is 14.9. The Kier molecular flexibility index (Phi) is 4.67. The normalized spacial score (nSPS) is 11.3. The van der Waals surface area contributed by atoms with Crippen molar-refractivity contribution in [3.63, 3.8) is 0 Å². The lowest BCUT2D eigenvalue weighted by atomic mass is 9.76. The summed E-state index contributed by atoms with van der Waals surface area (Å²) in [6, 6.07) is 31.1. The van der Waals surface area contributed by atoms with Crippen molar-refractivity contribution >= 4 is 6.29 Å². The molecular formula is C24H20N2O. The van der Waals surface area contributed by atoms with Gasteiger partial charge in [-0.1, -0.05) is 91.0 Å². The van der Waals surface area contributed by atoms with Gasteiger partial charge in [0, 0.05) is 12.4 Å². The molecule has 0 aliphatic carbocycles. The number of carbonyl (C=O) groups excluding carboxylic acids is 1. The molecule has 4 aromatic rings. The van der Waals surface area contributed by atoms with Crippen LogP contribution in [-0.2, 0) is 16.8 Å².